The molecule has 0 aliphatic carbocycles. The van der Waals surface area contributed by atoms with Crippen molar-refractivity contribution in [3.63, 3.8) is 0 Å². The molecule has 1 aliphatic rings. The van der Waals surface area contributed by atoms with Gasteiger partial charge in [0.25, 0.3) is 5.91 Å². The predicted molar refractivity (Wildman–Crippen MR) is 58.4 cm³/mol. The average molecular weight is 253 g/mol. The maximum atomic E-state index is 11.3. The summed E-state index contributed by atoms with van der Waals surface area (Å²) in [4.78, 5) is 22.1. The van der Waals surface area contributed by atoms with Gasteiger partial charge in [-0.15, -0.1) is 0 Å². The topological polar surface area (TPSA) is 105 Å². The lowest BCUT2D eigenvalue weighted by atomic mass is 10.1. The molecule has 0 saturated carbocycles. The molecule has 1 fully saturated rings. The lowest BCUT2D eigenvalue weighted by Gasteiger charge is -2.10. The number of aromatic hydroxyl groups is 2. The molecule has 7 heteroatoms. The number of amides is 2. The van der Waals surface area contributed by atoms with Crippen molar-refractivity contribution in [3.05, 3.63) is 17.7 Å². The predicted octanol–water partition coefficient (Wildman–Crippen LogP) is 0.284. The second-order valence-corrected chi connectivity index (χ2v) is 3.75. The molecule has 1 heterocycles. The highest BCUT2D eigenvalue weighted by molar-refractivity contribution is 6.00. The Kier molecular flexibility index (Phi) is 2.97. The van der Waals surface area contributed by atoms with Gasteiger partial charge >= 0.3 is 6.09 Å². The normalized spacial score (nSPS) is 18.4. The molecule has 1 aromatic carbocycles. The summed E-state index contributed by atoms with van der Waals surface area (Å²) in [6.45, 7) is 0. The van der Waals surface area contributed by atoms with Crippen molar-refractivity contribution in [2.75, 3.05) is 7.11 Å². The van der Waals surface area contributed by atoms with Crippen LogP contribution in [0.5, 0.6) is 17.2 Å². The van der Waals surface area contributed by atoms with Gasteiger partial charge in [0.1, 0.15) is 0 Å². The zero-order chi connectivity index (χ0) is 13.3. The molecule has 2 rings (SSSR count). The fourth-order valence-electron chi connectivity index (χ4n) is 1.66. The maximum Gasteiger partial charge on any atom is 0.414 e. The zero-order valence-electron chi connectivity index (χ0n) is 9.47. The van der Waals surface area contributed by atoms with E-state index in [0.29, 0.717) is 5.56 Å². The summed E-state index contributed by atoms with van der Waals surface area (Å²) in [6.07, 6.45) is -1.65. The Morgan fingerprint density at radius 2 is 2.11 bits per heavy atom. The zero-order valence-corrected chi connectivity index (χ0v) is 9.47. The lowest BCUT2D eigenvalue weighted by Crippen LogP contribution is -2.25. The standard InChI is InChI=1S/C11H11NO6/c1-17-7-3-5(2-6(13)9(7)14)4-8-10(15)12-11(16)18-8/h2-3,8,13-14H,4H2,1H3,(H,12,15,16). The number of phenols is 2. The molecule has 1 atom stereocenters. The van der Waals surface area contributed by atoms with Crippen LogP contribution in [0.25, 0.3) is 0 Å². The third-order valence-corrected chi connectivity index (χ3v) is 2.52. The number of carbonyl (C=O) groups is 2. The summed E-state index contributed by atoms with van der Waals surface area (Å²) >= 11 is 0. The van der Waals surface area contributed by atoms with Crippen LogP contribution in [-0.4, -0.2) is 35.4 Å². The molecule has 3 N–H and O–H groups in total. The van der Waals surface area contributed by atoms with E-state index in [2.05, 4.69) is 0 Å². The highest BCUT2D eigenvalue weighted by Gasteiger charge is 2.32. The van der Waals surface area contributed by atoms with E-state index in [9.17, 15) is 19.8 Å². The van der Waals surface area contributed by atoms with Crippen molar-refractivity contribution in [1.29, 1.82) is 0 Å². The quantitative estimate of drug-likeness (QED) is 0.668. The van der Waals surface area contributed by atoms with E-state index in [-0.39, 0.29) is 23.7 Å². The van der Waals surface area contributed by atoms with E-state index in [4.69, 9.17) is 9.47 Å². The molecule has 0 radical (unpaired) electrons. The molecular weight excluding hydrogens is 242 g/mol. The Balaban J connectivity index is 2.22. The van der Waals surface area contributed by atoms with E-state index in [1.807, 2.05) is 5.32 Å². The third kappa shape index (κ3) is 2.15. The molecule has 0 spiro atoms. The van der Waals surface area contributed by atoms with Crippen LogP contribution in [-0.2, 0) is 16.0 Å². The van der Waals surface area contributed by atoms with E-state index in [0.717, 1.165) is 0 Å². The minimum absolute atomic E-state index is 0.0785. The van der Waals surface area contributed by atoms with Crippen molar-refractivity contribution in [2.45, 2.75) is 12.5 Å². The molecule has 1 aromatic rings. The molecule has 0 bridgehead atoms. The van der Waals surface area contributed by atoms with Crippen molar-refractivity contribution in [3.8, 4) is 17.2 Å². The summed E-state index contributed by atoms with van der Waals surface area (Å²) in [7, 11) is 1.33. The fourth-order valence-corrected chi connectivity index (χ4v) is 1.66. The van der Waals surface area contributed by atoms with Crippen LogP contribution in [0.15, 0.2) is 12.1 Å². The summed E-state index contributed by atoms with van der Waals surface area (Å²) < 4.78 is 9.60. The Bertz CT molecular complexity index is 513. The molecule has 1 aliphatic heterocycles. The number of ether oxygens (including phenoxy) is 2. The first-order chi connectivity index (χ1) is 8.51. The third-order valence-electron chi connectivity index (χ3n) is 2.52. The monoisotopic (exact) mass is 253 g/mol. The van der Waals surface area contributed by atoms with E-state index in [1.165, 1.54) is 19.2 Å². The summed E-state index contributed by atoms with van der Waals surface area (Å²) in [5, 5.41) is 20.9. The average Bonchev–Trinajstić information content (AvgIpc) is 2.62. The number of alkyl carbamates (subject to hydrolysis) is 1. The van der Waals surface area contributed by atoms with Gasteiger partial charge in [0, 0.05) is 6.42 Å². The van der Waals surface area contributed by atoms with Gasteiger partial charge in [-0.2, -0.15) is 0 Å². The van der Waals surface area contributed by atoms with Crippen molar-refractivity contribution >= 4 is 12.0 Å². The van der Waals surface area contributed by atoms with Crippen molar-refractivity contribution in [1.82, 2.24) is 5.32 Å². The molecule has 96 valence electrons. The van der Waals surface area contributed by atoms with Crippen LogP contribution in [0.4, 0.5) is 4.79 Å². The summed E-state index contributed by atoms with van der Waals surface area (Å²) in [5.74, 6) is -1.20. The number of phenolic OH excluding ortho intramolecular Hbond substituents is 2. The molecule has 1 saturated heterocycles. The first-order valence-electron chi connectivity index (χ1n) is 5.11. The van der Waals surface area contributed by atoms with Crippen LogP contribution < -0.4 is 10.1 Å². The van der Waals surface area contributed by atoms with Gasteiger partial charge in [0.2, 0.25) is 5.75 Å². The minimum atomic E-state index is -0.939. The summed E-state index contributed by atoms with van der Waals surface area (Å²) in [5.41, 5.74) is 0.497. The van der Waals surface area contributed by atoms with Gasteiger partial charge in [-0.3, -0.25) is 10.1 Å². The Morgan fingerprint density at radius 3 is 2.67 bits per heavy atom. The summed E-state index contributed by atoms with van der Waals surface area (Å²) in [6, 6.07) is 2.73. The number of cyclic esters (lactones) is 1. The largest absolute Gasteiger partial charge is 0.504 e. The van der Waals surface area contributed by atoms with Gasteiger partial charge in [-0.25, -0.2) is 4.79 Å². The molecule has 1 unspecified atom stereocenters. The second kappa shape index (κ2) is 4.44. The highest BCUT2D eigenvalue weighted by Crippen LogP contribution is 2.36. The Hall–Kier alpha value is -2.44. The maximum absolute atomic E-state index is 11.3. The molecule has 2 amide bonds. The minimum Gasteiger partial charge on any atom is -0.504 e. The smallest absolute Gasteiger partial charge is 0.414 e. The molecule has 7 nitrogen and oxygen atoms in total. The SMILES string of the molecule is COc1cc(CC2OC(=O)NC2=O)cc(O)c1O. The number of benzene rings is 1. The van der Waals surface area contributed by atoms with E-state index >= 15 is 0 Å². The van der Waals surface area contributed by atoms with Crippen molar-refractivity contribution < 1.29 is 29.3 Å². The molecule has 18 heavy (non-hydrogen) atoms. The van der Waals surface area contributed by atoms with Crippen LogP contribution >= 0.6 is 0 Å². The van der Waals surface area contributed by atoms with Crippen LogP contribution in [0.2, 0.25) is 0 Å². The molecular formula is C11H11NO6. The van der Waals surface area contributed by atoms with Gasteiger partial charge in [-0.1, -0.05) is 0 Å². The second-order valence-electron chi connectivity index (χ2n) is 3.75. The first kappa shape index (κ1) is 12.0. The first-order valence-corrected chi connectivity index (χ1v) is 5.11. The Labute approximate surface area is 102 Å². The van der Waals surface area contributed by atoms with Gasteiger partial charge in [-0.05, 0) is 17.7 Å². The van der Waals surface area contributed by atoms with Crippen molar-refractivity contribution in [2.24, 2.45) is 0 Å². The molecule has 0 aromatic heterocycles. The number of nitrogens with one attached hydrogen (secondary N) is 1. The van der Waals surface area contributed by atoms with E-state index < -0.39 is 18.1 Å². The van der Waals surface area contributed by atoms with Gasteiger partial charge in [0.05, 0.1) is 7.11 Å². The fraction of sp³-hybridized carbons (Fsp3) is 0.273. The van der Waals surface area contributed by atoms with Crippen LogP contribution in [0, 0.1) is 0 Å². The van der Waals surface area contributed by atoms with E-state index in [1.54, 1.807) is 0 Å². The van der Waals surface area contributed by atoms with Gasteiger partial charge in [0.15, 0.2) is 17.6 Å². The highest BCUT2D eigenvalue weighted by atomic mass is 16.6. The van der Waals surface area contributed by atoms with Gasteiger partial charge < -0.3 is 19.7 Å². The number of hydrogen-bond acceptors (Lipinski definition) is 6. The number of imide groups is 1. The number of hydrogen-bond donors (Lipinski definition) is 3. The lowest BCUT2D eigenvalue weighted by molar-refractivity contribution is -0.123. The Morgan fingerprint density at radius 1 is 1.39 bits per heavy atom. The number of methoxy groups -OCH3 is 1. The van der Waals surface area contributed by atoms with Crippen LogP contribution in [0.3, 0.4) is 0 Å². The van der Waals surface area contributed by atoms with Crippen LogP contribution in [0.1, 0.15) is 5.56 Å². The number of rotatable bonds is 3. The number of carbonyl (C=O) groups excluding carboxylic acids is 2.